The van der Waals surface area contributed by atoms with Crippen molar-refractivity contribution in [3.8, 4) is 11.5 Å². The molecular weight excluding hydrogens is 308 g/mol. The highest BCUT2D eigenvalue weighted by molar-refractivity contribution is 7.99. The summed E-state index contributed by atoms with van der Waals surface area (Å²) in [4.78, 5) is 0. The van der Waals surface area contributed by atoms with Crippen LogP contribution in [0.15, 0.2) is 33.9 Å². The van der Waals surface area contributed by atoms with Crippen molar-refractivity contribution in [2.45, 2.75) is 42.9 Å². The summed E-state index contributed by atoms with van der Waals surface area (Å²) in [5, 5.41) is 19.7. The van der Waals surface area contributed by atoms with Crippen LogP contribution in [0.2, 0.25) is 5.02 Å². The summed E-state index contributed by atoms with van der Waals surface area (Å²) in [5.74, 6) is 1.08. The number of aromatic nitrogens is 2. The molecule has 0 unspecified atom stereocenters. The molecule has 3 rings (SSSR count). The number of thioether (sulfide) groups is 1. The van der Waals surface area contributed by atoms with Crippen LogP contribution in [0.25, 0.3) is 11.5 Å². The summed E-state index contributed by atoms with van der Waals surface area (Å²) < 4.78 is 5.63. The second-order valence-corrected chi connectivity index (χ2v) is 6.82. The molecule has 0 amide bonds. The lowest BCUT2D eigenvalue weighted by Crippen LogP contribution is -2.33. The molecule has 1 saturated carbocycles. The summed E-state index contributed by atoms with van der Waals surface area (Å²) in [5.41, 5.74) is 0.257. The molecule has 0 radical (unpaired) electrons. The molecule has 1 N–H and O–H groups in total. The largest absolute Gasteiger partial charge is 0.411 e. The van der Waals surface area contributed by atoms with Crippen molar-refractivity contribution in [3.05, 3.63) is 29.3 Å². The second-order valence-electron chi connectivity index (χ2n) is 5.45. The van der Waals surface area contributed by atoms with Gasteiger partial charge in [-0.1, -0.05) is 42.6 Å². The highest BCUT2D eigenvalue weighted by Crippen LogP contribution is 2.33. The molecule has 0 bridgehead atoms. The summed E-state index contributed by atoms with van der Waals surface area (Å²) >= 11 is 7.28. The molecule has 1 aromatic carbocycles. The molecule has 21 heavy (non-hydrogen) atoms. The normalized spacial score (nSPS) is 17.8. The van der Waals surface area contributed by atoms with Crippen LogP contribution in [0, 0.1) is 0 Å². The van der Waals surface area contributed by atoms with E-state index in [1.165, 1.54) is 18.2 Å². The summed E-state index contributed by atoms with van der Waals surface area (Å²) in [6.45, 7) is 0. The van der Waals surface area contributed by atoms with E-state index < -0.39 is 5.60 Å². The van der Waals surface area contributed by atoms with Crippen molar-refractivity contribution in [1.82, 2.24) is 10.2 Å². The first-order chi connectivity index (χ1) is 10.1. The van der Waals surface area contributed by atoms with Crippen molar-refractivity contribution in [2.24, 2.45) is 0 Å². The minimum absolute atomic E-state index is 0.477. The van der Waals surface area contributed by atoms with Gasteiger partial charge in [0.1, 0.15) is 0 Å². The van der Waals surface area contributed by atoms with Crippen molar-refractivity contribution >= 4 is 23.4 Å². The van der Waals surface area contributed by atoms with Gasteiger partial charge in [-0.05, 0) is 37.1 Å². The van der Waals surface area contributed by atoms with Crippen molar-refractivity contribution < 1.29 is 9.52 Å². The van der Waals surface area contributed by atoms with E-state index in [0.29, 0.717) is 21.9 Å². The highest BCUT2D eigenvalue weighted by atomic mass is 35.5. The molecule has 0 saturated heterocycles. The second kappa shape index (κ2) is 6.38. The van der Waals surface area contributed by atoms with E-state index in [1.54, 1.807) is 12.1 Å². The average Bonchev–Trinajstić information content (AvgIpc) is 2.96. The van der Waals surface area contributed by atoms with Gasteiger partial charge in [0, 0.05) is 16.3 Å². The fourth-order valence-corrected chi connectivity index (χ4v) is 3.57. The Morgan fingerprint density at radius 3 is 2.57 bits per heavy atom. The third kappa shape index (κ3) is 3.78. The fourth-order valence-electron chi connectivity index (χ4n) is 2.53. The lowest BCUT2D eigenvalue weighted by molar-refractivity contribution is 0.0271. The Labute approximate surface area is 132 Å². The summed E-state index contributed by atoms with van der Waals surface area (Å²) in [7, 11) is 0. The number of nitrogens with zero attached hydrogens (tertiary/aromatic N) is 2. The Bertz CT molecular complexity index is 594. The van der Waals surface area contributed by atoms with Crippen LogP contribution in [-0.4, -0.2) is 26.7 Å². The lowest BCUT2D eigenvalue weighted by atomic mass is 9.86. The number of rotatable bonds is 4. The zero-order chi connectivity index (χ0) is 14.7. The molecule has 4 nitrogen and oxygen atoms in total. The third-order valence-electron chi connectivity index (χ3n) is 3.75. The zero-order valence-electron chi connectivity index (χ0n) is 11.6. The third-order valence-corrected chi connectivity index (χ3v) is 5.09. The molecule has 1 aliphatic rings. The Hall–Kier alpha value is -1.04. The van der Waals surface area contributed by atoms with Crippen LogP contribution < -0.4 is 0 Å². The van der Waals surface area contributed by atoms with Gasteiger partial charge in [-0.3, -0.25) is 0 Å². The van der Waals surface area contributed by atoms with E-state index in [2.05, 4.69) is 10.2 Å². The number of aliphatic hydroxyl groups is 1. The first-order valence-corrected chi connectivity index (χ1v) is 8.46. The minimum Gasteiger partial charge on any atom is -0.411 e. The van der Waals surface area contributed by atoms with Crippen molar-refractivity contribution in [2.75, 3.05) is 5.75 Å². The van der Waals surface area contributed by atoms with E-state index >= 15 is 0 Å². The Balaban J connectivity index is 1.63. The standard InChI is InChI=1S/C15H17ClN2O2S/c16-12-6-4-11(5-7-12)13-17-18-14(20-13)21-10-15(19)8-2-1-3-9-15/h4-7,19H,1-3,8-10H2. The zero-order valence-corrected chi connectivity index (χ0v) is 13.2. The van der Waals surface area contributed by atoms with Crippen LogP contribution in [0.5, 0.6) is 0 Å². The minimum atomic E-state index is -0.585. The van der Waals surface area contributed by atoms with E-state index in [4.69, 9.17) is 16.0 Å². The topological polar surface area (TPSA) is 59.2 Å². The Morgan fingerprint density at radius 2 is 1.86 bits per heavy atom. The molecule has 6 heteroatoms. The molecule has 0 spiro atoms. The Kier molecular flexibility index (Phi) is 4.52. The number of hydrogen-bond acceptors (Lipinski definition) is 5. The van der Waals surface area contributed by atoms with Gasteiger partial charge >= 0.3 is 0 Å². The maximum absolute atomic E-state index is 10.5. The van der Waals surface area contributed by atoms with Gasteiger partial charge in [0.05, 0.1) is 5.60 Å². The first-order valence-electron chi connectivity index (χ1n) is 7.09. The van der Waals surface area contributed by atoms with Gasteiger partial charge in [0.25, 0.3) is 5.22 Å². The molecular formula is C15H17ClN2O2S. The van der Waals surface area contributed by atoms with Gasteiger partial charge in [0.2, 0.25) is 5.89 Å². The molecule has 2 aromatic rings. The van der Waals surface area contributed by atoms with Crippen LogP contribution in [0.4, 0.5) is 0 Å². The lowest BCUT2D eigenvalue weighted by Gasteiger charge is -2.31. The van der Waals surface area contributed by atoms with Crippen LogP contribution in [0.1, 0.15) is 32.1 Å². The average molecular weight is 325 g/mol. The Morgan fingerprint density at radius 1 is 1.14 bits per heavy atom. The number of hydrogen-bond donors (Lipinski definition) is 1. The van der Waals surface area contributed by atoms with E-state index in [0.717, 1.165) is 31.2 Å². The number of benzene rings is 1. The van der Waals surface area contributed by atoms with E-state index in [9.17, 15) is 5.11 Å². The van der Waals surface area contributed by atoms with Crippen molar-refractivity contribution in [1.29, 1.82) is 0 Å². The van der Waals surface area contributed by atoms with Gasteiger partial charge in [0.15, 0.2) is 0 Å². The summed E-state index contributed by atoms with van der Waals surface area (Å²) in [6.07, 6.45) is 5.12. The predicted molar refractivity (Wildman–Crippen MR) is 83.5 cm³/mol. The van der Waals surface area contributed by atoms with E-state index in [1.807, 2.05) is 12.1 Å². The molecule has 1 aliphatic carbocycles. The van der Waals surface area contributed by atoms with Crippen LogP contribution in [-0.2, 0) is 0 Å². The first kappa shape index (κ1) is 14.9. The van der Waals surface area contributed by atoms with Gasteiger partial charge in [-0.2, -0.15) is 0 Å². The molecule has 0 aliphatic heterocycles. The predicted octanol–water partition coefficient (Wildman–Crippen LogP) is 4.18. The van der Waals surface area contributed by atoms with Crippen LogP contribution in [0.3, 0.4) is 0 Å². The SMILES string of the molecule is OC1(CSc2nnc(-c3ccc(Cl)cc3)o2)CCCCC1. The van der Waals surface area contributed by atoms with E-state index in [-0.39, 0.29) is 0 Å². The monoisotopic (exact) mass is 324 g/mol. The van der Waals surface area contributed by atoms with Gasteiger partial charge in [-0.15, -0.1) is 10.2 Å². The maximum atomic E-state index is 10.5. The number of halogens is 1. The highest BCUT2D eigenvalue weighted by Gasteiger charge is 2.30. The molecule has 0 atom stereocenters. The smallest absolute Gasteiger partial charge is 0.276 e. The van der Waals surface area contributed by atoms with Crippen molar-refractivity contribution in [3.63, 3.8) is 0 Å². The van der Waals surface area contributed by atoms with Crippen LogP contribution >= 0.6 is 23.4 Å². The van der Waals surface area contributed by atoms with Gasteiger partial charge in [-0.25, -0.2) is 0 Å². The molecule has 1 heterocycles. The van der Waals surface area contributed by atoms with Gasteiger partial charge < -0.3 is 9.52 Å². The maximum Gasteiger partial charge on any atom is 0.276 e. The molecule has 112 valence electrons. The fraction of sp³-hybridized carbons (Fsp3) is 0.467. The molecule has 1 aromatic heterocycles. The quantitative estimate of drug-likeness (QED) is 0.855. The molecule has 1 fully saturated rings. The summed E-state index contributed by atoms with van der Waals surface area (Å²) in [6, 6.07) is 7.27.